The molecular formula is C14H20N2O3. The van der Waals surface area contributed by atoms with Crippen molar-refractivity contribution in [1.82, 2.24) is 4.98 Å². The molecule has 0 aromatic carbocycles. The minimum Gasteiger partial charge on any atom is -0.466 e. The fourth-order valence-corrected chi connectivity index (χ4v) is 2.45. The fourth-order valence-electron chi connectivity index (χ4n) is 2.45. The molecule has 104 valence electrons. The third-order valence-corrected chi connectivity index (χ3v) is 3.47. The van der Waals surface area contributed by atoms with Crippen molar-refractivity contribution in [2.45, 2.75) is 26.2 Å². The zero-order valence-electron chi connectivity index (χ0n) is 11.2. The number of anilines is 1. The van der Waals surface area contributed by atoms with E-state index in [4.69, 9.17) is 4.74 Å². The second kappa shape index (κ2) is 6.41. The maximum Gasteiger partial charge on any atom is 0.306 e. The largest absolute Gasteiger partial charge is 0.466 e. The van der Waals surface area contributed by atoms with Gasteiger partial charge in [-0.2, -0.15) is 0 Å². The smallest absolute Gasteiger partial charge is 0.306 e. The number of piperidine rings is 1. The van der Waals surface area contributed by atoms with E-state index in [0.717, 1.165) is 31.7 Å². The van der Waals surface area contributed by atoms with Crippen molar-refractivity contribution in [2.75, 3.05) is 24.6 Å². The number of H-pyrrole nitrogens is 1. The van der Waals surface area contributed by atoms with Crippen molar-refractivity contribution in [3.63, 3.8) is 0 Å². The van der Waals surface area contributed by atoms with E-state index in [0.29, 0.717) is 18.9 Å². The van der Waals surface area contributed by atoms with Crippen LogP contribution in [0, 0.1) is 5.92 Å². The van der Waals surface area contributed by atoms with E-state index in [9.17, 15) is 9.59 Å². The number of hydrogen-bond donors (Lipinski definition) is 1. The van der Waals surface area contributed by atoms with Crippen LogP contribution in [0.3, 0.4) is 0 Å². The van der Waals surface area contributed by atoms with E-state index in [1.165, 1.54) is 6.07 Å². The molecule has 0 bridgehead atoms. The van der Waals surface area contributed by atoms with Gasteiger partial charge in [0.1, 0.15) is 5.82 Å². The highest BCUT2D eigenvalue weighted by Gasteiger charge is 2.22. The predicted molar refractivity (Wildman–Crippen MR) is 73.2 cm³/mol. The van der Waals surface area contributed by atoms with E-state index in [2.05, 4.69) is 9.88 Å². The van der Waals surface area contributed by atoms with Crippen molar-refractivity contribution in [3.05, 3.63) is 28.6 Å². The van der Waals surface area contributed by atoms with Gasteiger partial charge in [0, 0.05) is 25.6 Å². The van der Waals surface area contributed by atoms with Crippen molar-refractivity contribution >= 4 is 11.8 Å². The number of aromatic amines is 1. The van der Waals surface area contributed by atoms with Crippen LogP contribution in [0.25, 0.3) is 0 Å². The second-order valence-electron chi connectivity index (χ2n) is 4.84. The van der Waals surface area contributed by atoms with Gasteiger partial charge < -0.3 is 14.6 Å². The summed E-state index contributed by atoms with van der Waals surface area (Å²) in [5.74, 6) is 1.15. The quantitative estimate of drug-likeness (QED) is 0.838. The Balaban J connectivity index is 1.85. The van der Waals surface area contributed by atoms with Gasteiger partial charge in [-0.05, 0) is 31.7 Å². The molecule has 19 heavy (non-hydrogen) atoms. The molecule has 0 spiro atoms. The summed E-state index contributed by atoms with van der Waals surface area (Å²) in [4.78, 5) is 27.7. The molecule has 2 rings (SSSR count). The van der Waals surface area contributed by atoms with Gasteiger partial charge in [0.15, 0.2) is 0 Å². The zero-order chi connectivity index (χ0) is 13.7. The fraction of sp³-hybridized carbons (Fsp3) is 0.571. The number of carbonyl (C=O) groups is 1. The van der Waals surface area contributed by atoms with Gasteiger partial charge in [0.2, 0.25) is 5.56 Å². The molecule has 1 aromatic heterocycles. The average molecular weight is 264 g/mol. The molecule has 0 atom stereocenters. The van der Waals surface area contributed by atoms with Crippen LogP contribution in [0.2, 0.25) is 0 Å². The molecule has 0 aliphatic carbocycles. The van der Waals surface area contributed by atoms with Crippen LogP contribution >= 0.6 is 0 Å². The Labute approximate surface area is 112 Å². The summed E-state index contributed by atoms with van der Waals surface area (Å²) in [6, 6.07) is 5.18. The predicted octanol–water partition coefficient (Wildman–Crippen LogP) is 1.54. The second-order valence-corrected chi connectivity index (χ2v) is 4.84. The maximum atomic E-state index is 11.4. The van der Waals surface area contributed by atoms with E-state index >= 15 is 0 Å². The molecule has 5 nitrogen and oxygen atoms in total. The zero-order valence-corrected chi connectivity index (χ0v) is 11.2. The number of aromatic nitrogens is 1. The lowest BCUT2D eigenvalue weighted by Gasteiger charge is -2.32. The van der Waals surface area contributed by atoms with E-state index in [1.807, 2.05) is 13.0 Å². The highest BCUT2D eigenvalue weighted by atomic mass is 16.5. The number of nitrogens with one attached hydrogen (secondary N) is 1. The van der Waals surface area contributed by atoms with Gasteiger partial charge in [-0.25, -0.2) is 0 Å². The summed E-state index contributed by atoms with van der Waals surface area (Å²) in [6.45, 7) is 4.00. The molecule has 1 saturated heterocycles. The maximum absolute atomic E-state index is 11.4. The molecule has 5 heteroatoms. The third-order valence-electron chi connectivity index (χ3n) is 3.47. The van der Waals surface area contributed by atoms with Crippen LogP contribution in [0.1, 0.15) is 26.2 Å². The summed E-state index contributed by atoms with van der Waals surface area (Å²) in [5.41, 5.74) is -0.0776. The first-order chi connectivity index (χ1) is 9.19. The van der Waals surface area contributed by atoms with Crippen LogP contribution in [-0.4, -0.2) is 30.6 Å². The van der Waals surface area contributed by atoms with Gasteiger partial charge in [-0.15, -0.1) is 0 Å². The molecular weight excluding hydrogens is 244 g/mol. The number of ether oxygens (including phenoxy) is 1. The topological polar surface area (TPSA) is 62.4 Å². The molecule has 2 heterocycles. The number of carbonyl (C=O) groups excluding carboxylic acids is 1. The van der Waals surface area contributed by atoms with Gasteiger partial charge in [-0.1, -0.05) is 6.07 Å². The highest BCUT2D eigenvalue weighted by Crippen LogP contribution is 2.23. The monoisotopic (exact) mass is 264 g/mol. The molecule has 1 aliphatic heterocycles. The Morgan fingerprint density at radius 3 is 2.79 bits per heavy atom. The summed E-state index contributed by atoms with van der Waals surface area (Å²) >= 11 is 0. The highest BCUT2D eigenvalue weighted by molar-refractivity contribution is 5.69. The summed E-state index contributed by atoms with van der Waals surface area (Å²) in [6.07, 6.45) is 2.42. The Hall–Kier alpha value is -1.78. The van der Waals surface area contributed by atoms with Crippen LogP contribution in [-0.2, 0) is 9.53 Å². The lowest BCUT2D eigenvalue weighted by atomic mass is 9.93. The Morgan fingerprint density at radius 1 is 1.42 bits per heavy atom. The van der Waals surface area contributed by atoms with Gasteiger partial charge in [0.05, 0.1) is 6.61 Å². The lowest BCUT2D eigenvalue weighted by molar-refractivity contribution is -0.144. The SMILES string of the molecule is CCOC(=O)CC1CCN(c2cccc(=O)[nH]2)CC1. The first-order valence-electron chi connectivity index (χ1n) is 6.79. The average Bonchev–Trinajstić information content (AvgIpc) is 2.40. The van der Waals surface area contributed by atoms with Gasteiger partial charge in [-0.3, -0.25) is 9.59 Å². The number of hydrogen-bond acceptors (Lipinski definition) is 4. The molecule has 1 aromatic rings. The molecule has 0 saturated carbocycles. The molecule has 1 aliphatic rings. The van der Waals surface area contributed by atoms with Crippen LogP contribution in [0.5, 0.6) is 0 Å². The standard InChI is InChI=1S/C14H20N2O3/c1-2-19-14(18)10-11-6-8-16(9-7-11)12-4-3-5-13(17)15-12/h3-5,11H,2,6-10H2,1H3,(H,15,17). The summed E-state index contributed by atoms with van der Waals surface area (Å²) in [7, 11) is 0. The minimum atomic E-state index is -0.103. The molecule has 1 N–H and O–H groups in total. The Kier molecular flexibility index (Phi) is 4.60. The number of nitrogens with zero attached hydrogens (tertiary/aromatic N) is 1. The first-order valence-corrected chi connectivity index (χ1v) is 6.79. The van der Waals surface area contributed by atoms with Gasteiger partial charge in [0.25, 0.3) is 0 Å². The minimum absolute atomic E-state index is 0.0776. The Morgan fingerprint density at radius 2 is 2.16 bits per heavy atom. The van der Waals surface area contributed by atoms with Crippen molar-refractivity contribution in [3.8, 4) is 0 Å². The normalized spacial score (nSPS) is 16.4. The van der Waals surface area contributed by atoms with Crippen LogP contribution in [0.15, 0.2) is 23.0 Å². The Bertz CT molecular complexity index is 476. The van der Waals surface area contributed by atoms with Crippen molar-refractivity contribution in [1.29, 1.82) is 0 Å². The molecule has 0 amide bonds. The van der Waals surface area contributed by atoms with Crippen molar-refractivity contribution in [2.24, 2.45) is 5.92 Å². The number of rotatable bonds is 4. The number of esters is 1. The van der Waals surface area contributed by atoms with Crippen LogP contribution < -0.4 is 10.5 Å². The summed E-state index contributed by atoms with van der Waals surface area (Å²) < 4.78 is 4.97. The van der Waals surface area contributed by atoms with E-state index in [-0.39, 0.29) is 11.5 Å². The molecule has 1 fully saturated rings. The lowest BCUT2D eigenvalue weighted by Crippen LogP contribution is -2.35. The first kappa shape index (κ1) is 13.6. The van der Waals surface area contributed by atoms with E-state index < -0.39 is 0 Å². The number of pyridine rings is 1. The molecule has 0 unspecified atom stereocenters. The van der Waals surface area contributed by atoms with Crippen molar-refractivity contribution < 1.29 is 9.53 Å². The van der Waals surface area contributed by atoms with Gasteiger partial charge >= 0.3 is 5.97 Å². The molecule has 0 radical (unpaired) electrons. The van der Waals surface area contributed by atoms with Crippen LogP contribution in [0.4, 0.5) is 5.82 Å². The summed E-state index contributed by atoms with van der Waals surface area (Å²) in [5, 5.41) is 0. The third kappa shape index (κ3) is 3.84. The van der Waals surface area contributed by atoms with E-state index in [1.54, 1.807) is 6.07 Å².